The third kappa shape index (κ3) is 5.94. The molecule has 0 saturated heterocycles. The molecule has 0 aromatic heterocycles. The molecule has 122 valence electrons. The van der Waals surface area contributed by atoms with Crippen LogP contribution in [0.4, 0.5) is 0 Å². The van der Waals surface area contributed by atoms with Gasteiger partial charge in [0.05, 0.1) is 37.5 Å². The lowest BCUT2D eigenvalue weighted by Crippen LogP contribution is -2.19. The Morgan fingerprint density at radius 1 is 1.04 bits per heavy atom. The van der Waals surface area contributed by atoms with Gasteiger partial charge in [0.2, 0.25) is 0 Å². The molecule has 0 bridgehead atoms. The number of hydrogen-bond donors (Lipinski definition) is 0. The van der Waals surface area contributed by atoms with Crippen LogP contribution in [0.25, 0.3) is 0 Å². The fourth-order valence-electron chi connectivity index (χ4n) is 2.14. The van der Waals surface area contributed by atoms with Crippen LogP contribution in [0.5, 0.6) is 0 Å². The number of benzene rings is 2. The second-order valence-corrected chi connectivity index (χ2v) is 5.15. The number of esters is 1. The molecular formula is C20H20N2O2. The minimum Gasteiger partial charge on any atom is -0.469 e. The molecule has 0 aliphatic carbocycles. The number of carbonyl (C=O) groups excluding carboxylic acids is 1. The van der Waals surface area contributed by atoms with Crippen molar-refractivity contribution in [3.8, 4) is 12.1 Å². The zero-order valence-electron chi connectivity index (χ0n) is 13.8. The molecule has 24 heavy (non-hydrogen) atoms. The normalized spacial score (nSPS) is 11.7. The Hall–Kier alpha value is -3.11. The van der Waals surface area contributed by atoms with Gasteiger partial charge in [-0.05, 0) is 11.1 Å². The van der Waals surface area contributed by atoms with Crippen molar-refractivity contribution in [2.24, 2.45) is 5.92 Å². The number of rotatable bonds is 4. The summed E-state index contributed by atoms with van der Waals surface area (Å²) in [5, 5.41) is 17.3. The van der Waals surface area contributed by atoms with E-state index in [2.05, 4.69) is 16.9 Å². The van der Waals surface area contributed by atoms with E-state index in [4.69, 9.17) is 10.5 Å². The van der Waals surface area contributed by atoms with Gasteiger partial charge in [-0.15, -0.1) is 0 Å². The number of nitrogens with zero attached hydrogens (tertiary/aromatic N) is 2. The van der Waals surface area contributed by atoms with E-state index >= 15 is 0 Å². The van der Waals surface area contributed by atoms with Crippen LogP contribution in [0.15, 0.2) is 60.7 Å². The van der Waals surface area contributed by atoms with E-state index in [9.17, 15) is 4.79 Å². The van der Waals surface area contributed by atoms with Crippen LogP contribution < -0.4 is 0 Å². The summed E-state index contributed by atoms with van der Waals surface area (Å²) in [4.78, 5) is 11.3. The summed E-state index contributed by atoms with van der Waals surface area (Å²) in [6.07, 6.45) is 0.515. The van der Waals surface area contributed by atoms with E-state index in [1.165, 1.54) is 7.11 Å². The zero-order chi connectivity index (χ0) is 17.8. The van der Waals surface area contributed by atoms with Crippen molar-refractivity contribution in [1.82, 2.24) is 0 Å². The van der Waals surface area contributed by atoms with Gasteiger partial charge in [0, 0.05) is 0 Å². The van der Waals surface area contributed by atoms with Crippen LogP contribution in [0, 0.1) is 28.6 Å². The topological polar surface area (TPSA) is 73.9 Å². The molecular weight excluding hydrogens is 300 g/mol. The number of methoxy groups -OCH3 is 1. The highest BCUT2D eigenvalue weighted by Gasteiger charge is 2.25. The average Bonchev–Trinajstić information content (AvgIpc) is 2.64. The summed E-state index contributed by atoms with van der Waals surface area (Å²) in [6.45, 7) is 1.70. The van der Waals surface area contributed by atoms with Crippen molar-refractivity contribution in [3.05, 3.63) is 71.8 Å². The van der Waals surface area contributed by atoms with Gasteiger partial charge in [0.25, 0.3) is 0 Å². The lowest BCUT2D eigenvalue weighted by atomic mass is 9.88. The van der Waals surface area contributed by atoms with Crippen LogP contribution in [0.3, 0.4) is 0 Å². The predicted octanol–water partition coefficient (Wildman–Crippen LogP) is 3.86. The molecule has 0 amide bonds. The number of nitriles is 2. The van der Waals surface area contributed by atoms with Crippen molar-refractivity contribution >= 4 is 5.97 Å². The molecule has 2 rings (SSSR count). The summed E-state index contributed by atoms with van der Waals surface area (Å²) >= 11 is 0. The van der Waals surface area contributed by atoms with Gasteiger partial charge in [-0.3, -0.25) is 4.79 Å². The van der Waals surface area contributed by atoms with Crippen LogP contribution in [0.2, 0.25) is 0 Å². The van der Waals surface area contributed by atoms with Crippen molar-refractivity contribution < 1.29 is 9.53 Å². The highest BCUT2D eigenvalue weighted by molar-refractivity contribution is 5.73. The summed E-state index contributed by atoms with van der Waals surface area (Å²) in [5.41, 5.74) is 1.93. The standard InChI is InChI=1S/C12H13NO2.C8H7N/c1-9(12(14)15-2)11(8-13)10-6-4-3-5-7-10;9-7-6-8-4-2-1-3-5-8/h3-7,9,11H,1-2H3;1-5H,6H2. The monoisotopic (exact) mass is 320 g/mol. The minimum absolute atomic E-state index is 0.356. The van der Waals surface area contributed by atoms with Crippen molar-refractivity contribution in [1.29, 1.82) is 10.5 Å². The van der Waals surface area contributed by atoms with E-state index in [0.29, 0.717) is 6.42 Å². The molecule has 2 aromatic carbocycles. The summed E-state index contributed by atoms with van der Waals surface area (Å²) in [6, 6.07) is 23.2. The second-order valence-electron chi connectivity index (χ2n) is 5.15. The molecule has 0 radical (unpaired) electrons. The van der Waals surface area contributed by atoms with E-state index in [-0.39, 0.29) is 5.97 Å². The Kier molecular flexibility index (Phi) is 8.36. The van der Waals surface area contributed by atoms with Crippen LogP contribution in [0.1, 0.15) is 24.0 Å². The molecule has 0 N–H and O–H groups in total. The summed E-state index contributed by atoms with van der Waals surface area (Å²) in [5.74, 6) is -1.24. The molecule has 0 aliphatic heterocycles. The highest BCUT2D eigenvalue weighted by atomic mass is 16.5. The fourth-order valence-corrected chi connectivity index (χ4v) is 2.14. The zero-order valence-corrected chi connectivity index (χ0v) is 13.8. The molecule has 0 spiro atoms. The first kappa shape index (κ1) is 18.9. The minimum atomic E-state index is -0.446. The molecule has 0 heterocycles. The van der Waals surface area contributed by atoms with Crippen molar-refractivity contribution in [2.45, 2.75) is 19.3 Å². The van der Waals surface area contributed by atoms with Gasteiger partial charge in [0.15, 0.2) is 0 Å². The van der Waals surface area contributed by atoms with Gasteiger partial charge in [-0.2, -0.15) is 10.5 Å². The largest absolute Gasteiger partial charge is 0.469 e. The van der Waals surface area contributed by atoms with E-state index in [0.717, 1.165) is 11.1 Å². The maximum Gasteiger partial charge on any atom is 0.310 e. The molecule has 0 saturated carbocycles. The quantitative estimate of drug-likeness (QED) is 0.802. The highest BCUT2D eigenvalue weighted by Crippen LogP contribution is 2.24. The number of carbonyl (C=O) groups is 1. The van der Waals surface area contributed by atoms with E-state index < -0.39 is 11.8 Å². The van der Waals surface area contributed by atoms with Crippen molar-refractivity contribution in [3.63, 3.8) is 0 Å². The van der Waals surface area contributed by atoms with Crippen LogP contribution >= 0.6 is 0 Å². The maximum atomic E-state index is 11.3. The first-order valence-electron chi connectivity index (χ1n) is 7.57. The molecule has 4 nitrogen and oxygen atoms in total. The maximum absolute atomic E-state index is 11.3. The Bertz CT molecular complexity index is 700. The van der Waals surface area contributed by atoms with Gasteiger partial charge in [-0.25, -0.2) is 0 Å². The molecule has 2 atom stereocenters. The first-order chi connectivity index (χ1) is 11.6. The van der Waals surface area contributed by atoms with Gasteiger partial charge < -0.3 is 4.74 Å². The second kappa shape index (κ2) is 10.6. The number of hydrogen-bond acceptors (Lipinski definition) is 4. The number of ether oxygens (including phenoxy) is 1. The van der Waals surface area contributed by atoms with Gasteiger partial charge in [-0.1, -0.05) is 67.6 Å². The lowest BCUT2D eigenvalue weighted by Gasteiger charge is -2.15. The Morgan fingerprint density at radius 2 is 1.58 bits per heavy atom. The van der Waals surface area contributed by atoms with Gasteiger partial charge in [0.1, 0.15) is 0 Å². The summed E-state index contributed by atoms with van der Waals surface area (Å²) < 4.78 is 4.63. The first-order valence-corrected chi connectivity index (χ1v) is 7.57. The molecule has 4 heteroatoms. The Balaban J connectivity index is 0.000000272. The van der Waals surface area contributed by atoms with Gasteiger partial charge >= 0.3 is 5.97 Å². The smallest absolute Gasteiger partial charge is 0.310 e. The fraction of sp³-hybridized carbons (Fsp3) is 0.250. The molecule has 2 unspecified atom stereocenters. The molecule has 0 aliphatic rings. The molecule has 0 fully saturated rings. The Morgan fingerprint density at radius 3 is 2.04 bits per heavy atom. The van der Waals surface area contributed by atoms with E-state index in [1.54, 1.807) is 6.92 Å². The van der Waals surface area contributed by atoms with Crippen LogP contribution in [-0.4, -0.2) is 13.1 Å². The summed E-state index contributed by atoms with van der Waals surface area (Å²) in [7, 11) is 1.33. The third-order valence-electron chi connectivity index (χ3n) is 3.50. The molecule has 2 aromatic rings. The predicted molar refractivity (Wildman–Crippen MR) is 91.7 cm³/mol. The van der Waals surface area contributed by atoms with E-state index in [1.807, 2.05) is 60.7 Å². The third-order valence-corrected chi connectivity index (χ3v) is 3.50. The average molecular weight is 320 g/mol. The SMILES string of the molecule is COC(=O)C(C)C(C#N)c1ccccc1.N#CCc1ccccc1. The van der Waals surface area contributed by atoms with Crippen LogP contribution in [-0.2, 0) is 16.0 Å². The van der Waals surface area contributed by atoms with Crippen molar-refractivity contribution in [2.75, 3.05) is 7.11 Å². The Labute approximate surface area is 142 Å². The lowest BCUT2D eigenvalue weighted by molar-refractivity contribution is -0.145.